The number of amides is 1. The minimum Gasteiger partial charge on any atom is -0.355 e. The summed E-state index contributed by atoms with van der Waals surface area (Å²) in [6.07, 6.45) is 5.75. The first-order chi connectivity index (χ1) is 8.81. The van der Waals surface area contributed by atoms with Crippen LogP contribution in [0.3, 0.4) is 0 Å². The quantitative estimate of drug-likeness (QED) is 0.777. The van der Waals surface area contributed by atoms with E-state index >= 15 is 0 Å². The Kier molecular flexibility index (Phi) is 5.20. The van der Waals surface area contributed by atoms with E-state index in [0.29, 0.717) is 12.6 Å². The number of unbranched alkanes of at least 4 members (excludes halogenated alkanes) is 1. The predicted octanol–water partition coefficient (Wildman–Crippen LogP) is 2.63. The third-order valence-corrected chi connectivity index (χ3v) is 4.41. The molecule has 2 N–H and O–H groups in total. The summed E-state index contributed by atoms with van der Waals surface area (Å²) in [7, 11) is 0. The van der Waals surface area contributed by atoms with E-state index in [-0.39, 0.29) is 5.91 Å². The zero-order chi connectivity index (χ0) is 12.8. The van der Waals surface area contributed by atoms with Crippen LogP contribution >= 0.6 is 11.3 Å². The van der Waals surface area contributed by atoms with Crippen molar-refractivity contribution in [1.29, 1.82) is 0 Å². The summed E-state index contributed by atoms with van der Waals surface area (Å²) in [5.74, 6) is 0.116. The summed E-state index contributed by atoms with van der Waals surface area (Å²) in [5, 5.41) is 8.49. The third kappa shape index (κ3) is 3.56. The summed E-state index contributed by atoms with van der Waals surface area (Å²) < 4.78 is 0. The number of hydrogen-bond acceptors (Lipinski definition) is 3. The largest absolute Gasteiger partial charge is 0.355 e. The van der Waals surface area contributed by atoms with E-state index in [1.807, 2.05) is 11.3 Å². The normalized spacial score (nSPS) is 18.4. The summed E-state index contributed by atoms with van der Waals surface area (Å²) in [6.45, 7) is 3.36. The monoisotopic (exact) mass is 266 g/mol. The maximum atomic E-state index is 11.6. The molecular formula is C14H22N2OS. The van der Waals surface area contributed by atoms with Crippen molar-refractivity contribution in [1.82, 2.24) is 10.6 Å². The summed E-state index contributed by atoms with van der Waals surface area (Å²) in [5.41, 5.74) is 1.41. The van der Waals surface area contributed by atoms with Crippen molar-refractivity contribution in [2.75, 3.05) is 13.1 Å². The molecule has 0 radical (unpaired) electrons. The fourth-order valence-electron chi connectivity index (χ4n) is 2.38. The molecule has 1 aliphatic rings. The van der Waals surface area contributed by atoms with Crippen LogP contribution in [-0.2, 0) is 11.2 Å². The molecule has 0 saturated heterocycles. The lowest BCUT2D eigenvalue weighted by atomic mass is 9.94. The number of aryl methyl sites for hydroxylation is 1. The van der Waals surface area contributed by atoms with E-state index in [1.54, 1.807) is 0 Å². The van der Waals surface area contributed by atoms with Gasteiger partial charge in [0.15, 0.2) is 0 Å². The first kappa shape index (κ1) is 13.6. The zero-order valence-corrected chi connectivity index (χ0v) is 11.8. The molecule has 18 heavy (non-hydrogen) atoms. The van der Waals surface area contributed by atoms with Gasteiger partial charge >= 0.3 is 0 Å². The van der Waals surface area contributed by atoms with Crippen molar-refractivity contribution >= 4 is 17.2 Å². The molecule has 0 bridgehead atoms. The Morgan fingerprint density at radius 1 is 1.56 bits per heavy atom. The van der Waals surface area contributed by atoms with Crippen LogP contribution in [0, 0.1) is 0 Å². The second-order valence-electron chi connectivity index (χ2n) is 4.83. The molecule has 1 atom stereocenters. The van der Waals surface area contributed by atoms with Crippen LogP contribution in [0.25, 0.3) is 0 Å². The standard InChI is InChI=1S/C14H22N2OS/c1-2-3-8-15-14(17)10-16-12-5-4-6-13-11(12)7-9-18-13/h7,9,12,16H,2-6,8,10H2,1H3,(H,15,17). The Balaban J connectivity index is 1.76. The minimum atomic E-state index is 0.116. The fourth-order valence-corrected chi connectivity index (χ4v) is 3.37. The van der Waals surface area contributed by atoms with E-state index < -0.39 is 0 Å². The van der Waals surface area contributed by atoms with Gasteiger partial charge in [0.2, 0.25) is 5.91 Å². The van der Waals surface area contributed by atoms with Gasteiger partial charge in [-0.25, -0.2) is 0 Å². The third-order valence-electron chi connectivity index (χ3n) is 3.41. The molecule has 0 saturated carbocycles. The number of hydrogen-bond donors (Lipinski definition) is 2. The molecule has 3 nitrogen and oxygen atoms in total. The molecule has 1 amide bonds. The van der Waals surface area contributed by atoms with Crippen LogP contribution < -0.4 is 10.6 Å². The van der Waals surface area contributed by atoms with Crippen molar-refractivity contribution in [2.24, 2.45) is 0 Å². The Morgan fingerprint density at radius 3 is 3.28 bits per heavy atom. The zero-order valence-electron chi connectivity index (χ0n) is 11.0. The van der Waals surface area contributed by atoms with E-state index in [2.05, 4.69) is 29.0 Å². The number of carbonyl (C=O) groups excluding carboxylic acids is 1. The average Bonchev–Trinajstić information content (AvgIpc) is 2.85. The van der Waals surface area contributed by atoms with Crippen LogP contribution in [-0.4, -0.2) is 19.0 Å². The summed E-state index contributed by atoms with van der Waals surface area (Å²) in [4.78, 5) is 13.1. The first-order valence-corrected chi connectivity index (χ1v) is 7.75. The number of nitrogens with one attached hydrogen (secondary N) is 2. The number of thiophene rings is 1. The lowest BCUT2D eigenvalue weighted by Crippen LogP contribution is -2.36. The molecule has 4 heteroatoms. The summed E-state index contributed by atoms with van der Waals surface area (Å²) in [6, 6.07) is 2.57. The highest BCUT2D eigenvalue weighted by Crippen LogP contribution is 2.32. The van der Waals surface area contributed by atoms with Crippen molar-refractivity contribution < 1.29 is 4.79 Å². The van der Waals surface area contributed by atoms with Gasteiger partial charge in [0.1, 0.15) is 0 Å². The topological polar surface area (TPSA) is 41.1 Å². The lowest BCUT2D eigenvalue weighted by Gasteiger charge is -2.23. The molecule has 0 aromatic carbocycles. The molecule has 0 aliphatic heterocycles. The Hall–Kier alpha value is -0.870. The van der Waals surface area contributed by atoms with Crippen molar-refractivity contribution in [2.45, 2.75) is 45.1 Å². The molecule has 2 rings (SSSR count). The smallest absolute Gasteiger partial charge is 0.233 e. The van der Waals surface area contributed by atoms with Crippen LogP contribution in [0.5, 0.6) is 0 Å². The van der Waals surface area contributed by atoms with E-state index in [4.69, 9.17) is 0 Å². The molecular weight excluding hydrogens is 244 g/mol. The van der Waals surface area contributed by atoms with E-state index in [0.717, 1.165) is 25.8 Å². The van der Waals surface area contributed by atoms with Crippen molar-refractivity contribution in [3.63, 3.8) is 0 Å². The van der Waals surface area contributed by atoms with Gasteiger partial charge in [-0.05, 0) is 42.7 Å². The second kappa shape index (κ2) is 6.90. The molecule has 100 valence electrons. The number of rotatable bonds is 6. The number of fused-ring (bicyclic) bond motifs is 1. The van der Waals surface area contributed by atoms with Gasteiger partial charge in [0.25, 0.3) is 0 Å². The Labute approximate surface area is 113 Å². The molecule has 1 aliphatic carbocycles. The highest BCUT2D eigenvalue weighted by molar-refractivity contribution is 7.10. The van der Waals surface area contributed by atoms with E-state index in [9.17, 15) is 4.79 Å². The maximum absolute atomic E-state index is 11.6. The van der Waals surface area contributed by atoms with Crippen molar-refractivity contribution in [3.8, 4) is 0 Å². The molecule has 0 fully saturated rings. The minimum absolute atomic E-state index is 0.116. The fraction of sp³-hybridized carbons (Fsp3) is 0.643. The Morgan fingerprint density at radius 2 is 2.44 bits per heavy atom. The van der Waals surface area contributed by atoms with Crippen molar-refractivity contribution in [3.05, 3.63) is 21.9 Å². The highest BCUT2D eigenvalue weighted by atomic mass is 32.1. The highest BCUT2D eigenvalue weighted by Gasteiger charge is 2.21. The van der Waals surface area contributed by atoms with Crippen LogP contribution in [0.4, 0.5) is 0 Å². The molecule has 1 aromatic heterocycles. The Bertz CT molecular complexity index is 389. The number of carbonyl (C=O) groups is 1. The maximum Gasteiger partial charge on any atom is 0.233 e. The van der Waals surface area contributed by atoms with Gasteiger partial charge in [-0.15, -0.1) is 11.3 Å². The van der Waals surface area contributed by atoms with Gasteiger partial charge in [0, 0.05) is 17.5 Å². The predicted molar refractivity (Wildman–Crippen MR) is 75.9 cm³/mol. The summed E-state index contributed by atoms with van der Waals surface area (Å²) >= 11 is 1.84. The van der Waals surface area contributed by atoms with Gasteiger partial charge in [-0.3, -0.25) is 4.79 Å². The molecule has 0 spiro atoms. The molecule has 1 heterocycles. The van der Waals surface area contributed by atoms with Crippen LogP contribution in [0.2, 0.25) is 0 Å². The van der Waals surface area contributed by atoms with Crippen LogP contribution in [0.15, 0.2) is 11.4 Å². The molecule has 1 unspecified atom stereocenters. The van der Waals surface area contributed by atoms with Gasteiger partial charge in [-0.2, -0.15) is 0 Å². The molecule has 1 aromatic rings. The first-order valence-electron chi connectivity index (χ1n) is 6.87. The van der Waals surface area contributed by atoms with Gasteiger partial charge in [-0.1, -0.05) is 13.3 Å². The second-order valence-corrected chi connectivity index (χ2v) is 5.83. The van der Waals surface area contributed by atoms with Gasteiger partial charge < -0.3 is 10.6 Å². The lowest BCUT2D eigenvalue weighted by molar-refractivity contribution is -0.120. The van der Waals surface area contributed by atoms with Crippen LogP contribution in [0.1, 0.15) is 49.1 Å². The van der Waals surface area contributed by atoms with Gasteiger partial charge in [0.05, 0.1) is 6.54 Å². The average molecular weight is 266 g/mol. The SMILES string of the molecule is CCCCNC(=O)CNC1CCCc2sccc21. The van der Waals surface area contributed by atoms with E-state index in [1.165, 1.54) is 23.3 Å².